The fourth-order valence-corrected chi connectivity index (χ4v) is 6.05. The number of hydrogen-bond donors (Lipinski definition) is 4. The number of alkyl halides is 1. The number of aliphatic hydroxyl groups is 3. The van der Waals surface area contributed by atoms with Gasteiger partial charge in [-0.25, -0.2) is 9.59 Å². The Bertz CT molecular complexity index is 1020. The second-order valence-electron chi connectivity index (χ2n) is 10.1. The van der Waals surface area contributed by atoms with Gasteiger partial charge in [0.2, 0.25) is 5.91 Å². The Morgan fingerprint density at radius 2 is 1.90 bits per heavy atom. The van der Waals surface area contributed by atoms with Crippen LogP contribution in [0.3, 0.4) is 0 Å². The molecule has 2 amide bonds. The summed E-state index contributed by atoms with van der Waals surface area (Å²) in [6.07, 6.45) is -0.797. The van der Waals surface area contributed by atoms with Crippen molar-refractivity contribution in [2.45, 2.75) is 107 Å². The van der Waals surface area contributed by atoms with E-state index in [0.29, 0.717) is 25.2 Å². The molecule has 0 spiro atoms. The highest BCUT2D eigenvalue weighted by Crippen LogP contribution is 2.31. The molecule has 12 nitrogen and oxygen atoms in total. The fourth-order valence-electron chi connectivity index (χ4n) is 5.16. The summed E-state index contributed by atoms with van der Waals surface area (Å²) in [5.74, 6) is -0.812. The molecule has 2 fully saturated rings. The summed E-state index contributed by atoms with van der Waals surface area (Å²) in [4.78, 5) is 39.5. The molecule has 2 aliphatic rings. The van der Waals surface area contributed by atoms with Crippen LogP contribution in [0.2, 0.25) is 0 Å². The topological polar surface area (TPSA) is 172 Å². The summed E-state index contributed by atoms with van der Waals surface area (Å²) in [7, 11) is 0. The minimum Gasteiger partial charge on any atom is -0.441 e. The Morgan fingerprint density at radius 3 is 2.49 bits per heavy atom. The lowest BCUT2D eigenvalue weighted by Crippen LogP contribution is -2.65. The van der Waals surface area contributed by atoms with Gasteiger partial charge in [-0.05, 0) is 45.3 Å². The summed E-state index contributed by atoms with van der Waals surface area (Å²) < 4.78 is 20.9. The molecule has 9 atom stereocenters. The number of aryl methyl sites for hydroxylation is 1. The van der Waals surface area contributed by atoms with E-state index in [4.69, 9.17) is 29.9 Å². The second kappa shape index (κ2) is 14.2. The van der Waals surface area contributed by atoms with Crippen LogP contribution in [-0.4, -0.2) is 92.3 Å². The highest BCUT2D eigenvalue weighted by atomic mass is 35.5. The lowest BCUT2D eigenvalue weighted by Gasteiger charge is -2.44. The quantitative estimate of drug-likeness (QED) is 0.307. The molecule has 0 bridgehead atoms. The van der Waals surface area contributed by atoms with Gasteiger partial charge in [0.1, 0.15) is 35.9 Å². The first-order chi connectivity index (χ1) is 18.5. The molecule has 4 N–H and O–H groups in total. The molecule has 222 valence electrons. The van der Waals surface area contributed by atoms with Crippen molar-refractivity contribution in [3.63, 3.8) is 0 Å². The third-order valence-corrected chi connectivity index (χ3v) is 8.52. The first kappa shape index (κ1) is 31.8. The van der Waals surface area contributed by atoms with Gasteiger partial charge in [0, 0.05) is 6.54 Å². The lowest BCUT2D eigenvalue weighted by atomic mass is 9.92. The molecule has 0 aliphatic carbocycles. The predicted molar refractivity (Wildman–Crippen MR) is 142 cm³/mol. The first-order valence-electron chi connectivity index (χ1n) is 13.2. The number of nitrogens with one attached hydrogen (secondary N) is 1. The minimum absolute atomic E-state index is 0.0802. The smallest absolute Gasteiger partial charge is 0.441 e. The number of hydrogen-bond acceptors (Lipinski definition) is 11. The highest BCUT2D eigenvalue weighted by molar-refractivity contribution is 7.99. The van der Waals surface area contributed by atoms with E-state index < -0.39 is 65.1 Å². The SMILES string of the molecule is CCCC1CCC(C(=O)NC(C(C)Cl)[C@H]2O[C@H](SC)[C@H](O)[C@@H](O)[C@H]2O)N(C(=O)OCc2oc(=O)oc2C)CC1. The van der Waals surface area contributed by atoms with Crippen LogP contribution in [0.5, 0.6) is 0 Å². The van der Waals surface area contributed by atoms with E-state index in [-0.39, 0.29) is 24.7 Å². The van der Waals surface area contributed by atoms with Crippen molar-refractivity contribution in [1.82, 2.24) is 10.2 Å². The molecule has 1 aromatic heterocycles. The molecule has 0 radical (unpaired) electrons. The molecular weight excluding hydrogens is 556 g/mol. The van der Waals surface area contributed by atoms with Crippen LogP contribution in [-0.2, 0) is 20.9 Å². The van der Waals surface area contributed by atoms with Gasteiger partial charge in [-0.1, -0.05) is 19.8 Å². The summed E-state index contributed by atoms with van der Waals surface area (Å²) in [6.45, 7) is 5.15. The summed E-state index contributed by atoms with van der Waals surface area (Å²) in [5, 5.41) is 33.4. The predicted octanol–water partition coefficient (Wildman–Crippen LogP) is 1.73. The first-order valence-corrected chi connectivity index (χ1v) is 14.9. The van der Waals surface area contributed by atoms with Crippen molar-refractivity contribution in [1.29, 1.82) is 0 Å². The van der Waals surface area contributed by atoms with Crippen LogP contribution < -0.4 is 11.1 Å². The van der Waals surface area contributed by atoms with Crippen LogP contribution in [0.25, 0.3) is 0 Å². The molecular formula is C25H39ClN2O10S. The zero-order chi connectivity index (χ0) is 28.9. The third-order valence-electron chi connectivity index (χ3n) is 7.40. The van der Waals surface area contributed by atoms with Crippen LogP contribution in [0.1, 0.15) is 57.5 Å². The van der Waals surface area contributed by atoms with Crippen molar-refractivity contribution in [3.8, 4) is 0 Å². The standard InChI is InChI=1S/C25H39ClN2O10S/c1-5-6-14-7-8-15(28(10-9-14)24(33)35-11-16-13(3)36-25(34)37-16)22(32)27-17(12(2)26)21-19(30)18(29)20(31)23(38-21)39-4/h12,14-15,17-21,23,29-31H,5-11H2,1-4H3,(H,27,32)/t12?,14?,15?,17?,18-,19+,20+,21+,23+/m0/s1. The molecule has 3 heterocycles. The Morgan fingerprint density at radius 1 is 1.18 bits per heavy atom. The average Bonchev–Trinajstić information content (AvgIpc) is 3.08. The number of nitrogens with zero attached hydrogens (tertiary/aromatic N) is 1. The maximum absolute atomic E-state index is 13.7. The van der Waals surface area contributed by atoms with Gasteiger partial charge < -0.3 is 38.9 Å². The van der Waals surface area contributed by atoms with Gasteiger partial charge in [0.25, 0.3) is 0 Å². The summed E-state index contributed by atoms with van der Waals surface area (Å²) in [5.41, 5.74) is -0.839. The normalized spacial score (nSPS) is 31.3. The Labute approximate surface area is 236 Å². The van der Waals surface area contributed by atoms with Crippen LogP contribution in [0.15, 0.2) is 13.6 Å². The lowest BCUT2D eigenvalue weighted by molar-refractivity contribution is -0.205. The molecule has 1 aromatic rings. The molecule has 39 heavy (non-hydrogen) atoms. The summed E-state index contributed by atoms with van der Waals surface area (Å²) >= 11 is 7.58. The number of carbonyl (C=O) groups is 2. The molecule has 14 heteroatoms. The van der Waals surface area contributed by atoms with Gasteiger partial charge in [-0.3, -0.25) is 9.69 Å². The summed E-state index contributed by atoms with van der Waals surface area (Å²) in [6, 6.07) is -1.84. The number of carbonyl (C=O) groups excluding carboxylic acids is 2. The number of amides is 2. The zero-order valence-corrected chi connectivity index (χ0v) is 24.2. The maximum atomic E-state index is 13.7. The van der Waals surface area contributed by atoms with Crippen LogP contribution in [0, 0.1) is 12.8 Å². The van der Waals surface area contributed by atoms with Gasteiger partial charge in [-0.2, -0.15) is 0 Å². The highest BCUT2D eigenvalue weighted by Gasteiger charge is 2.48. The molecule has 4 unspecified atom stereocenters. The second-order valence-corrected chi connectivity index (χ2v) is 11.7. The minimum atomic E-state index is -1.51. The number of ether oxygens (including phenoxy) is 2. The van der Waals surface area contributed by atoms with E-state index in [9.17, 15) is 29.7 Å². The van der Waals surface area contributed by atoms with Crippen LogP contribution >= 0.6 is 23.4 Å². The van der Waals surface area contributed by atoms with E-state index >= 15 is 0 Å². The Hall–Kier alpha value is -1.77. The average molecular weight is 595 g/mol. The Kier molecular flexibility index (Phi) is 11.6. The molecule has 2 aliphatic heterocycles. The molecule has 0 aromatic carbocycles. The molecule has 2 saturated heterocycles. The number of aliphatic hydroxyl groups excluding tert-OH is 3. The van der Waals surface area contributed by atoms with Gasteiger partial charge in [0.05, 0.1) is 11.4 Å². The van der Waals surface area contributed by atoms with E-state index in [1.165, 1.54) is 11.8 Å². The third kappa shape index (κ3) is 7.70. The van der Waals surface area contributed by atoms with Crippen molar-refractivity contribution >= 4 is 35.4 Å². The zero-order valence-electron chi connectivity index (χ0n) is 22.6. The monoisotopic (exact) mass is 594 g/mol. The number of thioether (sulfide) groups is 1. The van der Waals surface area contributed by atoms with Crippen molar-refractivity contribution in [2.75, 3.05) is 12.8 Å². The van der Waals surface area contributed by atoms with Crippen molar-refractivity contribution in [3.05, 3.63) is 22.1 Å². The van der Waals surface area contributed by atoms with E-state index in [2.05, 4.69) is 12.2 Å². The maximum Gasteiger partial charge on any atom is 0.519 e. The van der Waals surface area contributed by atoms with Crippen molar-refractivity contribution < 1.29 is 43.2 Å². The largest absolute Gasteiger partial charge is 0.519 e. The van der Waals surface area contributed by atoms with E-state index in [1.807, 2.05) is 0 Å². The number of halogens is 1. The number of rotatable bonds is 9. The fraction of sp³-hybridized carbons (Fsp3) is 0.800. The van der Waals surface area contributed by atoms with Crippen LogP contribution in [0.4, 0.5) is 4.79 Å². The van der Waals surface area contributed by atoms with E-state index in [1.54, 1.807) is 13.2 Å². The molecule has 0 saturated carbocycles. The van der Waals surface area contributed by atoms with Gasteiger partial charge in [0.15, 0.2) is 18.1 Å². The van der Waals surface area contributed by atoms with E-state index in [0.717, 1.165) is 24.6 Å². The molecule has 3 rings (SSSR count). The van der Waals surface area contributed by atoms with Gasteiger partial charge in [-0.15, -0.1) is 23.4 Å². The number of likely N-dealkylation sites (tertiary alicyclic amines) is 1. The Balaban J connectivity index is 1.79. The van der Waals surface area contributed by atoms with Gasteiger partial charge >= 0.3 is 11.9 Å². The van der Waals surface area contributed by atoms with Crippen molar-refractivity contribution in [2.24, 2.45) is 5.92 Å².